The third-order valence-corrected chi connectivity index (χ3v) is 15.5. The molecule has 2 aromatic heterocycles. The number of rotatable bonds is 6. The Balaban J connectivity index is 0.891. The molecule has 1 atom stereocenters. The van der Waals surface area contributed by atoms with E-state index in [2.05, 4.69) is 252 Å². The number of aromatic nitrogens is 1. The highest BCUT2D eigenvalue weighted by atomic mass is 32.1. The molecule has 1 unspecified atom stereocenters. The first-order chi connectivity index (χ1) is 32.7. The van der Waals surface area contributed by atoms with Gasteiger partial charge in [-0.2, -0.15) is 0 Å². The van der Waals surface area contributed by atoms with Crippen LogP contribution in [0.15, 0.2) is 243 Å². The minimum atomic E-state index is -0.423. The Hall–Kier alpha value is -8.24. The van der Waals surface area contributed by atoms with Gasteiger partial charge in [-0.05, 0) is 134 Å². The fourth-order valence-electron chi connectivity index (χ4n) is 11.4. The molecular weight excluding hydrogens is 817 g/mol. The third-order valence-electron chi connectivity index (χ3n) is 14.2. The standard InChI is InChI=1S/C63H40N2S/c1-3-15-45(16-4-1)64(46-17-5-2-6-18-46)47-33-27-42(28-34-47)44-32-38-57-54(40-44)61-52-22-10-14-26-60(52)66-62(61)63(57)55-23-11-7-19-49(55)53-39-43(31-37-56(53)63)41-29-35-48(36-30-41)65-58-24-12-8-20-50(58)51-21-9-13-25-59(51)65/h1-40H. The van der Waals surface area contributed by atoms with Crippen LogP contribution in [-0.2, 0) is 5.41 Å². The molecule has 14 rings (SSSR count). The first-order valence-electron chi connectivity index (χ1n) is 22.7. The largest absolute Gasteiger partial charge is 0.311 e. The third kappa shape index (κ3) is 5.29. The van der Waals surface area contributed by atoms with E-state index in [0.717, 1.165) is 22.7 Å². The van der Waals surface area contributed by atoms with Crippen LogP contribution < -0.4 is 4.90 Å². The van der Waals surface area contributed by atoms with Gasteiger partial charge in [0.05, 0.1) is 16.4 Å². The van der Waals surface area contributed by atoms with Gasteiger partial charge in [0.2, 0.25) is 0 Å². The molecule has 2 aliphatic carbocycles. The summed E-state index contributed by atoms with van der Waals surface area (Å²) < 4.78 is 3.72. The summed E-state index contributed by atoms with van der Waals surface area (Å²) in [6, 6.07) is 89.6. The molecule has 0 bridgehead atoms. The monoisotopic (exact) mass is 856 g/mol. The maximum Gasteiger partial charge on any atom is 0.0819 e. The quantitative estimate of drug-likeness (QED) is 0.162. The van der Waals surface area contributed by atoms with Gasteiger partial charge in [-0.15, -0.1) is 11.3 Å². The second kappa shape index (κ2) is 14.4. The van der Waals surface area contributed by atoms with Crippen molar-refractivity contribution in [3.8, 4) is 50.2 Å². The van der Waals surface area contributed by atoms with Gasteiger partial charge >= 0.3 is 0 Å². The van der Waals surface area contributed by atoms with Crippen LogP contribution in [-0.4, -0.2) is 4.57 Å². The van der Waals surface area contributed by atoms with Gasteiger partial charge in [0.25, 0.3) is 0 Å². The molecule has 3 heteroatoms. The van der Waals surface area contributed by atoms with Crippen molar-refractivity contribution in [2.24, 2.45) is 0 Å². The van der Waals surface area contributed by atoms with Crippen LogP contribution in [0.5, 0.6) is 0 Å². The molecule has 0 radical (unpaired) electrons. The van der Waals surface area contributed by atoms with E-state index in [-0.39, 0.29) is 0 Å². The Kier molecular flexibility index (Phi) is 8.10. The van der Waals surface area contributed by atoms with Crippen LogP contribution in [0.2, 0.25) is 0 Å². The van der Waals surface area contributed by atoms with Crippen LogP contribution in [0.3, 0.4) is 0 Å². The Morgan fingerprint density at radius 2 is 0.818 bits per heavy atom. The predicted octanol–water partition coefficient (Wildman–Crippen LogP) is 17.1. The van der Waals surface area contributed by atoms with Gasteiger partial charge in [-0.25, -0.2) is 0 Å². The highest BCUT2D eigenvalue weighted by Crippen LogP contribution is 2.66. The summed E-state index contributed by atoms with van der Waals surface area (Å²) in [6.07, 6.45) is 0. The number of anilines is 3. The Bertz CT molecular complexity index is 3770. The average Bonchev–Trinajstić information content (AvgIpc) is 4.11. The number of thiophene rings is 1. The van der Waals surface area contributed by atoms with E-state index in [4.69, 9.17) is 0 Å². The fourth-order valence-corrected chi connectivity index (χ4v) is 12.8. The zero-order chi connectivity index (χ0) is 43.3. The molecule has 2 nitrogen and oxygen atoms in total. The molecule has 0 aliphatic heterocycles. The number of hydrogen-bond donors (Lipinski definition) is 0. The molecule has 0 fully saturated rings. The zero-order valence-electron chi connectivity index (χ0n) is 35.9. The first-order valence-corrected chi connectivity index (χ1v) is 23.6. The topological polar surface area (TPSA) is 8.17 Å². The van der Waals surface area contributed by atoms with E-state index in [1.54, 1.807) is 0 Å². The van der Waals surface area contributed by atoms with Gasteiger partial charge in [0.1, 0.15) is 0 Å². The lowest BCUT2D eigenvalue weighted by Crippen LogP contribution is -2.24. The Morgan fingerprint density at radius 1 is 0.348 bits per heavy atom. The summed E-state index contributed by atoms with van der Waals surface area (Å²) in [5.74, 6) is 0. The number of fused-ring (bicyclic) bond motifs is 15. The summed E-state index contributed by atoms with van der Waals surface area (Å²) in [7, 11) is 0. The minimum absolute atomic E-state index is 0.423. The minimum Gasteiger partial charge on any atom is -0.311 e. The lowest BCUT2D eigenvalue weighted by molar-refractivity contribution is 0.812. The molecule has 0 amide bonds. The van der Waals surface area contributed by atoms with Crippen LogP contribution >= 0.6 is 11.3 Å². The van der Waals surface area contributed by atoms with Crippen LogP contribution in [0.4, 0.5) is 17.1 Å². The molecule has 2 aliphatic rings. The van der Waals surface area contributed by atoms with E-state index in [0.29, 0.717) is 0 Å². The highest BCUT2D eigenvalue weighted by molar-refractivity contribution is 7.20. The summed E-state index contributed by atoms with van der Waals surface area (Å²) in [5.41, 5.74) is 20.8. The summed E-state index contributed by atoms with van der Waals surface area (Å²) in [4.78, 5) is 3.74. The fraction of sp³-hybridized carbons (Fsp3) is 0.0159. The van der Waals surface area contributed by atoms with Gasteiger partial charge in [0.15, 0.2) is 0 Å². The zero-order valence-corrected chi connectivity index (χ0v) is 36.7. The number of nitrogens with zero attached hydrogens (tertiary/aromatic N) is 2. The molecule has 12 aromatic rings. The predicted molar refractivity (Wildman–Crippen MR) is 278 cm³/mol. The molecule has 308 valence electrons. The average molecular weight is 857 g/mol. The van der Waals surface area contributed by atoms with Crippen molar-refractivity contribution in [2.45, 2.75) is 5.41 Å². The SMILES string of the molecule is c1ccc(N(c2ccccc2)c2ccc(-c3ccc4c(c3)-c3c(sc5ccccc35)C43c4ccccc4-c4cc(-c5ccc(-n6c7ccccc7c7ccccc76)cc5)ccc43)cc2)cc1. The number of para-hydroxylation sites is 4. The summed E-state index contributed by atoms with van der Waals surface area (Å²) >= 11 is 1.96. The van der Waals surface area contributed by atoms with Crippen molar-refractivity contribution < 1.29 is 0 Å². The van der Waals surface area contributed by atoms with E-state index in [1.807, 2.05) is 11.3 Å². The molecule has 0 saturated carbocycles. The van der Waals surface area contributed by atoms with Crippen molar-refractivity contribution in [3.63, 3.8) is 0 Å². The van der Waals surface area contributed by atoms with E-state index < -0.39 is 5.41 Å². The molecular formula is C63H40N2S. The van der Waals surface area contributed by atoms with Crippen molar-refractivity contribution in [3.05, 3.63) is 264 Å². The van der Waals surface area contributed by atoms with Crippen molar-refractivity contribution in [2.75, 3.05) is 4.90 Å². The molecule has 0 N–H and O–H groups in total. The van der Waals surface area contributed by atoms with Gasteiger partial charge in [-0.3, -0.25) is 0 Å². The second-order valence-corrected chi connectivity index (χ2v) is 18.6. The van der Waals surface area contributed by atoms with Crippen LogP contribution in [0, 0.1) is 0 Å². The Labute approximate surface area is 387 Å². The lowest BCUT2D eigenvalue weighted by atomic mass is 9.73. The van der Waals surface area contributed by atoms with Crippen LogP contribution in [0.1, 0.15) is 21.6 Å². The van der Waals surface area contributed by atoms with Gasteiger partial charge in [-0.1, -0.05) is 164 Å². The van der Waals surface area contributed by atoms with Gasteiger partial charge in [0, 0.05) is 54.0 Å². The number of hydrogen-bond acceptors (Lipinski definition) is 2. The lowest BCUT2D eigenvalue weighted by Gasteiger charge is -2.29. The van der Waals surface area contributed by atoms with Gasteiger partial charge < -0.3 is 9.47 Å². The molecule has 10 aromatic carbocycles. The number of benzene rings is 10. The molecule has 66 heavy (non-hydrogen) atoms. The first kappa shape index (κ1) is 37.2. The normalized spacial score (nSPS) is 14.4. The van der Waals surface area contributed by atoms with Crippen molar-refractivity contribution in [1.82, 2.24) is 4.57 Å². The Morgan fingerprint density at radius 3 is 1.47 bits per heavy atom. The summed E-state index contributed by atoms with van der Waals surface area (Å²) in [6.45, 7) is 0. The van der Waals surface area contributed by atoms with E-state index in [1.165, 1.54) is 98.0 Å². The highest BCUT2D eigenvalue weighted by Gasteiger charge is 2.53. The maximum atomic E-state index is 2.47. The van der Waals surface area contributed by atoms with Crippen molar-refractivity contribution >= 4 is 60.3 Å². The second-order valence-electron chi connectivity index (χ2n) is 17.6. The summed E-state index contributed by atoms with van der Waals surface area (Å²) in [5, 5.41) is 3.88. The van der Waals surface area contributed by atoms with Crippen molar-refractivity contribution in [1.29, 1.82) is 0 Å². The van der Waals surface area contributed by atoms with E-state index >= 15 is 0 Å². The molecule has 2 heterocycles. The molecule has 1 spiro atoms. The molecule has 0 saturated heterocycles. The maximum absolute atomic E-state index is 2.47. The van der Waals surface area contributed by atoms with E-state index in [9.17, 15) is 0 Å². The smallest absolute Gasteiger partial charge is 0.0819 e. The van der Waals surface area contributed by atoms with Crippen LogP contribution in [0.25, 0.3) is 82.1 Å².